The topological polar surface area (TPSA) is 67.4 Å². The third-order valence-electron chi connectivity index (χ3n) is 4.94. The summed E-state index contributed by atoms with van der Waals surface area (Å²) in [6.45, 7) is 2.54. The van der Waals surface area contributed by atoms with Gasteiger partial charge in [-0.05, 0) is 55.7 Å². The smallest absolute Gasteiger partial charge is 0.256 e. The number of hydrogen-bond donors (Lipinski definition) is 1. The van der Waals surface area contributed by atoms with Crippen LogP contribution in [-0.4, -0.2) is 29.0 Å². The lowest BCUT2D eigenvalue weighted by molar-refractivity contribution is 0.102. The Balaban J connectivity index is 1.36. The van der Waals surface area contributed by atoms with Crippen LogP contribution in [0, 0.1) is 0 Å². The summed E-state index contributed by atoms with van der Waals surface area (Å²) in [6, 6.07) is 14.8. The van der Waals surface area contributed by atoms with E-state index in [1.807, 2.05) is 36.5 Å². The number of ether oxygens (including phenoxy) is 1. The van der Waals surface area contributed by atoms with E-state index in [1.54, 1.807) is 30.6 Å². The van der Waals surface area contributed by atoms with E-state index in [0.29, 0.717) is 23.7 Å². The first-order valence-electron chi connectivity index (χ1n) is 9.92. The fourth-order valence-corrected chi connectivity index (χ4v) is 3.36. The fourth-order valence-electron chi connectivity index (χ4n) is 3.36. The molecule has 0 saturated carbocycles. The van der Waals surface area contributed by atoms with Crippen LogP contribution in [0.5, 0.6) is 5.75 Å². The van der Waals surface area contributed by atoms with Gasteiger partial charge in [0.2, 0.25) is 0 Å². The number of pyridine rings is 2. The van der Waals surface area contributed by atoms with Gasteiger partial charge in [0.15, 0.2) is 0 Å². The van der Waals surface area contributed by atoms with Crippen molar-refractivity contribution < 1.29 is 9.53 Å². The molecular weight excluding hydrogens is 364 g/mol. The highest BCUT2D eigenvalue weighted by Gasteiger charge is 2.12. The van der Waals surface area contributed by atoms with Crippen LogP contribution in [0.15, 0.2) is 67.1 Å². The Morgan fingerprint density at radius 3 is 2.69 bits per heavy atom. The maximum atomic E-state index is 12.6. The van der Waals surface area contributed by atoms with E-state index in [2.05, 4.69) is 20.2 Å². The molecule has 2 aromatic heterocycles. The van der Waals surface area contributed by atoms with Gasteiger partial charge >= 0.3 is 0 Å². The Labute approximate surface area is 170 Å². The zero-order valence-corrected chi connectivity index (χ0v) is 16.3. The Kier molecular flexibility index (Phi) is 6.00. The summed E-state index contributed by atoms with van der Waals surface area (Å²) in [5.41, 5.74) is 2.60. The molecule has 3 heterocycles. The molecule has 1 N–H and O–H groups in total. The average molecular weight is 388 g/mol. The summed E-state index contributed by atoms with van der Waals surface area (Å²) in [7, 11) is 0. The van der Waals surface area contributed by atoms with Crippen LogP contribution in [0.2, 0.25) is 0 Å². The van der Waals surface area contributed by atoms with Crippen molar-refractivity contribution in [1.82, 2.24) is 9.97 Å². The summed E-state index contributed by atoms with van der Waals surface area (Å²) in [5, 5.41) is 2.86. The van der Waals surface area contributed by atoms with Crippen molar-refractivity contribution in [2.45, 2.75) is 25.9 Å². The lowest BCUT2D eigenvalue weighted by Gasteiger charge is -2.28. The second-order valence-corrected chi connectivity index (χ2v) is 7.08. The summed E-state index contributed by atoms with van der Waals surface area (Å²) in [6.07, 6.45) is 9.05. The molecule has 1 saturated heterocycles. The van der Waals surface area contributed by atoms with Gasteiger partial charge in [0.25, 0.3) is 5.91 Å². The van der Waals surface area contributed by atoms with Crippen molar-refractivity contribution in [3.8, 4) is 5.75 Å². The third kappa shape index (κ3) is 5.10. The van der Waals surface area contributed by atoms with Crippen LogP contribution < -0.4 is 15.0 Å². The van der Waals surface area contributed by atoms with E-state index in [4.69, 9.17) is 4.74 Å². The average Bonchev–Trinajstić information content (AvgIpc) is 2.80. The van der Waals surface area contributed by atoms with Crippen molar-refractivity contribution in [2.75, 3.05) is 23.3 Å². The fraction of sp³-hybridized carbons (Fsp3) is 0.261. The molecule has 0 radical (unpaired) electrons. The van der Waals surface area contributed by atoms with Gasteiger partial charge in [0.05, 0.1) is 11.9 Å². The number of benzene rings is 1. The van der Waals surface area contributed by atoms with E-state index >= 15 is 0 Å². The van der Waals surface area contributed by atoms with Gasteiger partial charge in [0, 0.05) is 36.6 Å². The lowest BCUT2D eigenvalue weighted by Crippen LogP contribution is -2.29. The van der Waals surface area contributed by atoms with E-state index in [0.717, 1.165) is 24.3 Å². The van der Waals surface area contributed by atoms with Crippen molar-refractivity contribution in [1.29, 1.82) is 0 Å². The number of piperidine rings is 1. The Hall–Kier alpha value is -3.41. The molecule has 1 aromatic carbocycles. The molecule has 29 heavy (non-hydrogen) atoms. The zero-order chi connectivity index (χ0) is 19.9. The molecular formula is C23H24N4O2. The normalized spacial score (nSPS) is 13.7. The highest BCUT2D eigenvalue weighted by Crippen LogP contribution is 2.21. The van der Waals surface area contributed by atoms with Gasteiger partial charge in [0.1, 0.15) is 18.2 Å². The molecule has 3 aromatic rings. The quantitative estimate of drug-likeness (QED) is 0.682. The molecule has 0 aliphatic carbocycles. The number of carbonyl (C=O) groups is 1. The second kappa shape index (κ2) is 9.19. The Morgan fingerprint density at radius 1 is 1.03 bits per heavy atom. The number of amides is 1. The predicted octanol–water partition coefficient (Wildman–Crippen LogP) is 4.30. The number of carbonyl (C=O) groups excluding carboxylic acids is 1. The maximum Gasteiger partial charge on any atom is 0.256 e. The van der Waals surface area contributed by atoms with Gasteiger partial charge in [-0.25, -0.2) is 4.98 Å². The minimum atomic E-state index is -0.213. The van der Waals surface area contributed by atoms with Crippen LogP contribution in [0.4, 0.5) is 11.5 Å². The first kappa shape index (κ1) is 18.9. The predicted molar refractivity (Wildman–Crippen MR) is 113 cm³/mol. The molecule has 6 heteroatoms. The molecule has 0 unspecified atom stereocenters. The number of hydrogen-bond acceptors (Lipinski definition) is 5. The molecule has 4 rings (SSSR count). The first-order chi connectivity index (χ1) is 14.3. The molecule has 6 nitrogen and oxygen atoms in total. The highest BCUT2D eigenvalue weighted by molar-refractivity contribution is 6.04. The summed E-state index contributed by atoms with van der Waals surface area (Å²) < 4.78 is 5.77. The van der Waals surface area contributed by atoms with Crippen LogP contribution in [0.25, 0.3) is 0 Å². The zero-order valence-electron chi connectivity index (χ0n) is 16.3. The Bertz CT molecular complexity index is 939. The van der Waals surface area contributed by atoms with E-state index in [9.17, 15) is 4.79 Å². The number of nitrogens with one attached hydrogen (secondary N) is 1. The van der Waals surface area contributed by atoms with Crippen LogP contribution in [0.3, 0.4) is 0 Å². The van der Waals surface area contributed by atoms with Crippen LogP contribution >= 0.6 is 0 Å². The number of aromatic nitrogens is 2. The van der Waals surface area contributed by atoms with E-state index < -0.39 is 0 Å². The number of rotatable bonds is 6. The molecule has 1 aliphatic heterocycles. The third-order valence-corrected chi connectivity index (χ3v) is 4.94. The number of nitrogens with zero attached hydrogens (tertiary/aromatic N) is 3. The summed E-state index contributed by atoms with van der Waals surface area (Å²) >= 11 is 0. The SMILES string of the molecule is O=C(Nc1ccc(N2CCCCC2)cn1)c1cccc(OCc2cccnc2)c1. The molecule has 0 atom stereocenters. The molecule has 1 amide bonds. The van der Waals surface area contributed by atoms with Gasteiger partial charge in [-0.3, -0.25) is 9.78 Å². The van der Waals surface area contributed by atoms with E-state index in [-0.39, 0.29) is 5.91 Å². The first-order valence-corrected chi connectivity index (χ1v) is 9.92. The van der Waals surface area contributed by atoms with Gasteiger partial charge in [-0.15, -0.1) is 0 Å². The molecule has 1 fully saturated rings. The standard InChI is InChI=1S/C23H24N4O2/c28-23(26-22-10-9-20(16-25-22)27-12-2-1-3-13-27)19-7-4-8-21(14-19)29-17-18-6-5-11-24-15-18/h4-11,14-16H,1-3,12-13,17H2,(H,25,26,28). The van der Waals surface area contributed by atoms with E-state index in [1.165, 1.54) is 19.3 Å². The van der Waals surface area contributed by atoms with Crippen molar-refractivity contribution in [3.05, 3.63) is 78.2 Å². The van der Waals surface area contributed by atoms with Gasteiger partial charge in [-0.1, -0.05) is 12.1 Å². The minimum absolute atomic E-state index is 0.213. The summed E-state index contributed by atoms with van der Waals surface area (Å²) in [4.78, 5) is 23.4. The van der Waals surface area contributed by atoms with Crippen LogP contribution in [-0.2, 0) is 6.61 Å². The van der Waals surface area contributed by atoms with Crippen LogP contribution in [0.1, 0.15) is 35.2 Å². The summed E-state index contributed by atoms with van der Waals surface area (Å²) in [5.74, 6) is 0.961. The van der Waals surface area contributed by atoms with Crippen molar-refractivity contribution in [2.24, 2.45) is 0 Å². The molecule has 0 spiro atoms. The highest BCUT2D eigenvalue weighted by atomic mass is 16.5. The Morgan fingerprint density at radius 2 is 1.93 bits per heavy atom. The second-order valence-electron chi connectivity index (χ2n) is 7.08. The monoisotopic (exact) mass is 388 g/mol. The molecule has 0 bridgehead atoms. The lowest BCUT2D eigenvalue weighted by atomic mass is 10.1. The largest absolute Gasteiger partial charge is 0.489 e. The van der Waals surface area contributed by atoms with Gasteiger partial charge in [-0.2, -0.15) is 0 Å². The maximum absolute atomic E-state index is 12.6. The molecule has 1 aliphatic rings. The van der Waals surface area contributed by atoms with Crippen molar-refractivity contribution in [3.63, 3.8) is 0 Å². The minimum Gasteiger partial charge on any atom is -0.489 e. The number of anilines is 2. The molecule has 148 valence electrons. The van der Waals surface area contributed by atoms with Gasteiger partial charge < -0.3 is 15.0 Å². The van der Waals surface area contributed by atoms with Crippen molar-refractivity contribution >= 4 is 17.4 Å².